The smallest absolute Gasteiger partial charge is 1.00 e. The number of aryl methyl sites for hydroxylation is 5. The van der Waals surface area contributed by atoms with Gasteiger partial charge in [0.25, 0.3) is 0 Å². The quantitative estimate of drug-likeness (QED) is 0.205. The predicted molar refractivity (Wildman–Crippen MR) is 189 cm³/mol. The molecule has 11 nitrogen and oxygen atoms in total. The molecular formula is C38H39Cl2N8O3Ru. The number of anilines is 1. The van der Waals surface area contributed by atoms with Crippen LogP contribution in [0.1, 0.15) is 52.4 Å². The summed E-state index contributed by atoms with van der Waals surface area (Å²) in [6.07, 6.45) is 12.2. The second-order valence-electron chi connectivity index (χ2n) is 11.9. The normalized spacial score (nSPS) is 11.4. The fourth-order valence-electron chi connectivity index (χ4n) is 5.32. The molecule has 0 spiro atoms. The van der Waals surface area contributed by atoms with Crippen LogP contribution >= 0.6 is 0 Å². The van der Waals surface area contributed by atoms with E-state index in [2.05, 4.69) is 62.5 Å². The second kappa shape index (κ2) is 20.4. The van der Waals surface area contributed by atoms with Crippen molar-refractivity contribution in [3.8, 4) is 22.8 Å². The summed E-state index contributed by atoms with van der Waals surface area (Å²) in [5, 5.41) is 11.2. The second-order valence-corrected chi connectivity index (χ2v) is 11.9. The summed E-state index contributed by atoms with van der Waals surface area (Å²) in [7, 11) is 0. The zero-order valence-corrected chi connectivity index (χ0v) is 32.8. The number of carboxylic acid groups (broad SMARTS) is 1. The summed E-state index contributed by atoms with van der Waals surface area (Å²) in [6.45, 7) is 12.4. The number of carbonyl (C=O) groups excluding carboxylic acids is 1. The van der Waals surface area contributed by atoms with Crippen LogP contribution in [0, 0.1) is 27.7 Å². The molecule has 1 fully saturated rings. The van der Waals surface area contributed by atoms with Gasteiger partial charge in [0.1, 0.15) is 5.65 Å². The molecule has 6 aromatic heterocycles. The van der Waals surface area contributed by atoms with Crippen molar-refractivity contribution < 1.29 is 54.2 Å². The van der Waals surface area contributed by atoms with Crippen molar-refractivity contribution >= 4 is 23.0 Å². The number of aromatic nitrogens is 7. The van der Waals surface area contributed by atoms with Gasteiger partial charge in [-0.05, 0) is 118 Å². The Balaban J connectivity index is 0.000000271. The number of hydrogen-bond donors (Lipinski definition) is 0. The van der Waals surface area contributed by atoms with Gasteiger partial charge in [-0.15, -0.1) is 0 Å². The average molecular weight is 828 g/mol. The van der Waals surface area contributed by atoms with Gasteiger partial charge in [0.15, 0.2) is 0 Å². The summed E-state index contributed by atoms with van der Waals surface area (Å²) in [5.41, 5.74) is 8.09. The molecule has 0 bridgehead atoms. The number of carboxylic acids is 1. The summed E-state index contributed by atoms with van der Waals surface area (Å²) in [4.78, 5) is 51.1. The number of pyridine rings is 5. The van der Waals surface area contributed by atoms with Crippen molar-refractivity contribution in [1.29, 1.82) is 0 Å². The van der Waals surface area contributed by atoms with E-state index in [1.54, 1.807) is 4.57 Å². The Labute approximate surface area is 328 Å². The largest absolute Gasteiger partial charge is 3.00 e. The molecule has 7 rings (SSSR count). The van der Waals surface area contributed by atoms with Gasteiger partial charge in [-0.25, -0.2) is 4.98 Å². The number of nitrogens with zero attached hydrogens (tertiary/aromatic N) is 8. The van der Waals surface area contributed by atoms with Crippen LogP contribution in [-0.2, 0) is 26.0 Å². The Hall–Kier alpha value is -4.64. The van der Waals surface area contributed by atoms with E-state index in [1.165, 1.54) is 34.6 Å². The van der Waals surface area contributed by atoms with Crippen LogP contribution in [0.15, 0.2) is 90.5 Å². The minimum absolute atomic E-state index is 0. The molecule has 14 heteroatoms. The maximum atomic E-state index is 12.1. The van der Waals surface area contributed by atoms with Gasteiger partial charge in [0, 0.05) is 56.8 Å². The molecule has 0 amide bonds. The van der Waals surface area contributed by atoms with Crippen LogP contribution in [0.5, 0.6) is 0 Å². The van der Waals surface area contributed by atoms with Crippen LogP contribution in [0.3, 0.4) is 0 Å². The Kier molecular flexibility index (Phi) is 17.1. The van der Waals surface area contributed by atoms with Gasteiger partial charge < -0.3 is 44.2 Å². The molecule has 271 valence electrons. The molecular weight excluding hydrogens is 788 g/mol. The van der Waals surface area contributed by atoms with E-state index in [4.69, 9.17) is 0 Å². The Morgan fingerprint density at radius 3 is 1.46 bits per heavy atom. The van der Waals surface area contributed by atoms with Crippen molar-refractivity contribution in [3.63, 3.8) is 0 Å². The SMILES string of the molecule is CCn1cc(C(=O)[O-])c(=O)c2cnc(N3CCCC3)nc21.Cc1ccnc(-c2cc(C)ccn2)c1.Cc1ccnc(-c2cc(C)ccn2)c1.[Cl-].[Cl-].[Ru+3]. The van der Waals surface area contributed by atoms with Crippen molar-refractivity contribution in [2.75, 3.05) is 18.0 Å². The molecule has 0 saturated carbocycles. The van der Waals surface area contributed by atoms with Crippen molar-refractivity contribution in [2.45, 2.75) is 54.0 Å². The van der Waals surface area contributed by atoms with E-state index in [-0.39, 0.29) is 55.2 Å². The zero-order valence-electron chi connectivity index (χ0n) is 29.5. The van der Waals surface area contributed by atoms with Gasteiger partial charge in [0.2, 0.25) is 11.4 Å². The average Bonchev–Trinajstić information content (AvgIpc) is 3.64. The van der Waals surface area contributed by atoms with E-state index in [0.29, 0.717) is 18.1 Å². The first kappa shape index (κ1) is 43.5. The third kappa shape index (κ3) is 11.2. The number of halogens is 2. The van der Waals surface area contributed by atoms with Crippen LogP contribution in [-0.4, -0.2) is 53.5 Å². The third-order valence-electron chi connectivity index (χ3n) is 7.94. The Morgan fingerprint density at radius 2 is 1.12 bits per heavy atom. The first-order valence-corrected chi connectivity index (χ1v) is 16.2. The Morgan fingerprint density at radius 1 is 0.712 bits per heavy atom. The summed E-state index contributed by atoms with van der Waals surface area (Å²) in [6, 6.07) is 16.1. The van der Waals surface area contributed by atoms with Gasteiger partial charge in [-0.2, -0.15) is 4.98 Å². The first-order chi connectivity index (χ1) is 23.6. The number of carbonyl (C=O) groups is 1. The van der Waals surface area contributed by atoms with E-state index >= 15 is 0 Å². The molecule has 0 atom stereocenters. The van der Waals surface area contributed by atoms with E-state index < -0.39 is 11.4 Å². The van der Waals surface area contributed by atoms with Crippen molar-refractivity contribution in [3.05, 3.63) is 124 Å². The number of rotatable bonds is 5. The molecule has 0 N–H and O–H groups in total. The molecule has 7 heterocycles. The van der Waals surface area contributed by atoms with E-state index in [0.717, 1.165) is 48.7 Å². The third-order valence-corrected chi connectivity index (χ3v) is 7.94. The van der Waals surface area contributed by atoms with Gasteiger partial charge in [-0.1, -0.05) is 0 Å². The number of hydrogen-bond acceptors (Lipinski definition) is 10. The molecule has 0 aromatic carbocycles. The van der Waals surface area contributed by atoms with Crippen LogP contribution in [0.25, 0.3) is 33.8 Å². The van der Waals surface area contributed by atoms with Crippen LogP contribution in [0.4, 0.5) is 5.95 Å². The number of fused-ring (bicyclic) bond motifs is 1. The topological polar surface area (TPSA) is 143 Å². The maximum Gasteiger partial charge on any atom is 3.00 e. The first-order valence-electron chi connectivity index (χ1n) is 16.2. The molecule has 6 aromatic rings. The summed E-state index contributed by atoms with van der Waals surface area (Å²) >= 11 is 0. The molecule has 1 radical (unpaired) electrons. The summed E-state index contributed by atoms with van der Waals surface area (Å²) < 4.78 is 1.64. The molecule has 1 aliphatic heterocycles. The van der Waals surface area contributed by atoms with Crippen LogP contribution < -0.4 is 40.2 Å². The van der Waals surface area contributed by atoms with E-state index in [1.807, 2.05) is 80.2 Å². The predicted octanol–water partition coefficient (Wildman–Crippen LogP) is -0.699. The van der Waals surface area contributed by atoms with Crippen molar-refractivity contribution in [1.82, 2.24) is 34.5 Å². The monoisotopic (exact) mass is 827 g/mol. The standard InChI is InChI=1S/C14H16N4O3.2C12H12N2.2ClH.Ru/c1-2-17-8-10(13(20)21)11(19)9-7-15-14(16-12(9)17)18-5-3-4-6-18;2*1-9-3-5-13-11(7-9)12-8-10(2)4-6-14-12;;;/h7-8H,2-6H2,1H3,(H,20,21);2*3-8H,1-2H3;2*1H;/q;;;;;+3/p-3. The maximum absolute atomic E-state index is 12.1. The fraction of sp³-hybridized carbons (Fsp3) is 0.263. The minimum atomic E-state index is -1.48. The molecule has 1 aliphatic rings. The van der Waals surface area contributed by atoms with Gasteiger partial charge in [-0.3, -0.25) is 24.7 Å². The minimum Gasteiger partial charge on any atom is -1.00 e. The fourth-order valence-corrected chi connectivity index (χ4v) is 5.32. The Bertz CT molecular complexity index is 1990. The van der Waals surface area contributed by atoms with Gasteiger partial charge in [0.05, 0.1) is 39.7 Å². The number of aromatic carboxylic acids is 1. The molecule has 52 heavy (non-hydrogen) atoms. The molecule has 0 unspecified atom stereocenters. The van der Waals surface area contributed by atoms with Crippen LogP contribution in [0.2, 0.25) is 0 Å². The molecule has 1 saturated heterocycles. The molecule has 0 aliphatic carbocycles. The van der Waals surface area contributed by atoms with Crippen molar-refractivity contribution in [2.24, 2.45) is 0 Å². The van der Waals surface area contributed by atoms with Gasteiger partial charge >= 0.3 is 19.5 Å². The van der Waals surface area contributed by atoms with E-state index in [9.17, 15) is 14.7 Å². The zero-order chi connectivity index (χ0) is 34.9. The summed E-state index contributed by atoms with van der Waals surface area (Å²) in [5.74, 6) is -0.893.